The Morgan fingerprint density at radius 2 is 1.85 bits per heavy atom. The van der Waals surface area contributed by atoms with Gasteiger partial charge in [-0.2, -0.15) is 5.26 Å². The van der Waals surface area contributed by atoms with Gasteiger partial charge in [-0.15, -0.1) is 0 Å². The molecular formula is C20H28N4O3. The minimum atomic E-state index is -0.132. The van der Waals surface area contributed by atoms with Crippen molar-refractivity contribution in [2.24, 2.45) is 5.92 Å². The maximum absolute atomic E-state index is 12.1. The van der Waals surface area contributed by atoms with Crippen LogP contribution in [0.5, 0.6) is 0 Å². The molecule has 2 rings (SSSR count). The predicted octanol–water partition coefficient (Wildman–Crippen LogP) is 1.75. The Bertz CT molecular complexity index is 648. The second-order valence-corrected chi connectivity index (χ2v) is 6.91. The smallest absolute Gasteiger partial charge is 0.224 e. The molecule has 0 radical (unpaired) electrons. The van der Waals surface area contributed by atoms with Gasteiger partial charge < -0.3 is 15.4 Å². The number of nitrogens with one attached hydrogen (secondary N) is 2. The van der Waals surface area contributed by atoms with Crippen molar-refractivity contribution in [3.8, 4) is 6.07 Å². The molecule has 1 fully saturated rings. The molecule has 7 nitrogen and oxygen atoms in total. The van der Waals surface area contributed by atoms with Gasteiger partial charge in [0.05, 0.1) is 24.8 Å². The van der Waals surface area contributed by atoms with E-state index < -0.39 is 0 Å². The molecule has 2 amide bonds. The number of rotatable bonds is 9. The van der Waals surface area contributed by atoms with E-state index in [0.29, 0.717) is 24.2 Å². The van der Waals surface area contributed by atoms with Crippen molar-refractivity contribution in [3.63, 3.8) is 0 Å². The summed E-state index contributed by atoms with van der Waals surface area (Å²) in [6.45, 7) is 7.00. The van der Waals surface area contributed by atoms with E-state index in [1.807, 2.05) is 13.0 Å². The number of nitrogens with zero attached hydrogens (tertiary/aromatic N) is 2. The number of amides is 2. The van der Waals surface area contributed by atoms with Crippen LogP contribution >= 0.6 is 0 Å². The molecular weight excluding hydrogens is 344 g/mol. The van der Waals surface area contributed by atoms with Gasteiger partial charge in [0.1, 0.15) is 0 Å². The zero-order chi connectivity index (χ0) is 19.5. The van der Waals surface area contributed by atoms with Crippen LogP contribution in [0.3, 0.4) is 0 Å². The molecule has 0 aliphatic carbocycles. The second-order valence-electron chi connectivity index (χ2n) is 6.91. The average molecular weight is 372 g/mol. The van der Waals surface area contributed by atoms with Gasteiger partial charge in [-0.3, -0.25) is 14.5 Å². The first kappa shape index (κ1) is 20.9. The van der Waals surface area contributed by atoms with E-state index in [9.17, 15) is 9.59 Å². The van der Waals surface area contributed by atoms with Crippen LogP contribution in [-0.4, -0.2) is 56.1 Å². The van der Waals surface area contributed by atoms with Crippen molar-refractivity contribution in [2.75, 3.05) is 44.7 Å². The number of carbonyl (C=O) groups excluding carboxylic acids is 2. The number of nitriles is 1. The summed E-state index contributed by atoms with van der Waals surface area (Å²) in [5.74, 6) is -0.189. The Labute approximate surface area is 160 Å². The quantitative estimate of drug-likeness (QED) is 0.644. The molecule has 1 heterocycles. The number of anilines is 1. The van der Waals surface area contributed by atoms with E-state index in [-0.39, 0.29) is 24.2 Å². The first-order valence-electron chi connectivity index (χ1n) is 9.43. The lowest BCUT2D eigenvalue weighted by atomic mass is 10.0. The molecule has 1 aliphatic heterocycles. The molecule has 2 N–H and O–H groups in total. The number of ether oxygens (including phenoxy) is 1. The fourth-order valence-corrected chi connectivity index (χ4v) is 2.97. The summed E-state index contributed by atoms with van der Waals surface area (Å²) < 4.78 is 5.31. The number of benzene rings is 1. The standard InChI is InChI=1S/C20H28N4O3/c1-16(14-20(26)23-18-5-3-17(15-21)4-6-18)13-19(25)22-7-2-8-24-9-11-27-12-10-24/h3-6,16H,2,7-14H2,1H3,(H,22,25)(H,23,26). The van der Waals surface area contributed by atoms with Gasteiger partial charge in [0, 0.05) is 38.2 Å². The predicted molar refractivity (Wildman–Crippen MR) is 103 cm³/mol. The summed E-state index contributed by atoms with van der Waals surface area (Å²) in [7, 11) is 0. The molecule has 27 heavy (non-hydrogen) atoms. The van der Waals surface area contributed by atoms with E-state index in [1.165, 1.54) is 0 Å². The highest BCUT2D eigenvalue weighted by Gasteiger charge is 2.14. The van der Waals surface area contributed by atoms with E-state index in [2.05, 4.69) is 15.5 Å². The minimum Gasteiger partial charge on any atom is -0.379 e. The molecule has 7 heteroatoms. The summed E-state index contributed by atoms with van der Waals surface area (Å²) in [4.78, 5) is 26.4. The largest absolute Gasteiger partial charge is 0.379 e. The Kier molecular flexibility index (Phi) is 8.75. The third-order valence-corrected chi connectivity index (χ3v) is 4.44. The number of hydrogen-bond donors (Lipinski definition) is 2. The van der Waals surface area contributed by atoms with Crippen LogP contribution < -0.4 is 10.6 Å². The minimum absolute atomic E-state index is 0.0179. The molecule has 1 aromatic rings. The molecule has 146 valence electrons. The van der Waals surface area contributed by atoms with E-state index in [4.69, 9.17) is 10.00 Å². The maximum atomic E-state index is 12.1. The van der Waals surface area contributed by atoms with Crippen LogP contribution in [-0.2, 0) is 14.3 Å². The molecule has 0 aromatic heterocycles. The summed E-state index contributed by atoms with van der Waals surface area (Å²) in [5.41, 5.74) is 1.20. The van der Waals surface area contributed by atoms with Crippen LogP contribution in [0.25, 0.3) is 0 Å². The molecule has 0 bridgehead atoms. The molecule has 0 spiro atoms. The zero-order valence-electron chi connectivity index (χ0n) is 15.9. The Morgan fingerprint density at radius 3 is 2.52 bits per heavy atom. The highest BCUT2D eigenvalue weighted by atomic mass is 16.5. The normalized spacial score (nSPS) is 15.6. The molecule has 1 aliphatic rings. The Balaban J connectivity index is 1.59. The van der Waals surface area contributed by atoms with Crippen molar-refractivity contribution in [2.45, 2.75) is 26.2 Å². The van der Waals surface area contributed by atoms with Gasteiger partial charge in [-0.05, 0) is 43.1 Å². The SMILES string of the molecule is CC(CC(=O)NCCCN1CCOCC1)CC(=O)Nc1ccc(C#N)cc1. The fraction of sp³-hybridized carbons (Fsp3) is 0.550. The van der Waals surface area contributed by atoms with Gasteiger partial charge in [0.2, 0.25) is 11.8 Å². The number of morpholine rings is 1. The summed E-state index contributed by atoms with van der Waals surface area (Å²) >= 11 is 0. The summed E-state index contributed by atoms with van der Waals surface area (Å²) in [6.07, 6.45) is 1.53. The van der Waals surface area contributed by atoms with Gasteiger partial charge in [-0.25, -0.2) is 0 Å². The van der Waals surface area contributed by atoms with Crippen LogP contribution in [0, 0.1) is 17.2 Å². The Morgan fingerprint density at radius 1 is 1.19 bits per heavy atom. The van der Waals surface area contributed by atoms with Gasteiger partial charge >= 0.3 is 0 Å². The van der Waals surface area contributed by atoms with Gasteiger partial charge in [0.15, 0.2) is 0 Å². The van der Waals surface area contributed by atoms with Crippen molar-refractivity contribution in [1.82, 2.24) is 10.2 Å². The molecule has 1 atom stereocenters. The van der Waals surface area contributed by atoms with Gasteiger partial charge in [0.25, 0.3) is 0 Å². The van der Waals surface area contributed by atoms with Crippen LogP contribution in [0.4, 0.5) is 5.69 Å². The molecule has 1 saturated heterocycles. The van der Waals surface area contributed by atoms with E-state index in [0.717, 1.165) is 39.3 Å². The summed E-state index contributed by atoms with van der Waals surface area (Å²) in [6, 6.07) is 8.74. The first-order chi connectivity index (χ1) is 13.1. The monoisotopic (exact) mass is 372 g/mol. The second kappa shape index (κ2) is 11.3. The summed E-state index contributed by atoms with van der Waals surface area (Å²) in [5, 5.41) is 14.5. The number of carbonyl (C=O) groups is 2. The molecule has 1 unspecified atom stereocenters. The van der Waals surface area contributed by atoms with E-state index >= 15 is 0 Å². The van der Waals surface area contributed by atoms with Crippen molar-refractivity contribution in [1.29, 1.82) is 5.26 Å². The van der Waals surface area contributed by atoms with Gasteiger partial charge in [-0.1, -0.05) is 6.92 Å². The third-order valence-electron chi connectivity index (χ3n) is 4.44. The fourth-order valence-electron chi connectivity index (χ4n) is 2.97. The third kappa shape index (κ3) is 8.20. The lowest BCUT2D eigenvalue weighted by Gasteiger charge is -2.26. The lowest BCUT2D eigenvalue weighted by molar-refractivity contribution is -0.122. The van der Waals surface area contributed by atoms with Crippen molar-refractivity contribution < 1.29 is 14.3 Å². The van der Waals surface area contributed by atoms with Crippen LogP contribution in [0.15, 0.2) is 24.3 Å². The Hall–Kier alpha value is -2.43. The topological polar surface area (TPSA) is 94.5 Å². The van der Waals surface area contributed by atoms with Crippen LogP contribution in [0.1, 0.15) is 31.7 Å². The first-order valence-corrected chi connectivity index (χ1v) is 9.43. The van der Waals surface area contributed by atoms with Crippen molar-refractivity contribution >= 4 is 17.5 Å². The highest BCUT2D eigenvalue weighted by molar-refractivity contribution is 5.91. The van der Waals surface area contributed by atoms with Crippen LogP contribution in [0.2, 0.25) is 0 Å². The average Bonchev–Trinajstić information content (AvgIpc) is 2.66. The highest BCUT2D eigenvalue weighted by Crippen LogP contribution is 2.12. The molecule has 0 saturated carbocycles. The van der Waals surface area contributed by atoms with Crippen molar-refractivity contribution in [3.05, 3.63) is 29.8 Å². The lowest BCUT2D eigenvalue weighted by Crippen LogP contribution is -2.38. The molecule has 1 aromatic carbocycles. The van der Waals surface area contributed by atoms with E-state index in [1.54, 1.807) is 24.3 Å². The maximum Gasteiger partial charge on any atom is 0.224 e. The number of hydrogen-bond acceptors (Lipinski definition) is 5. The zero-order valence-corrected chi connectivity index (χ0v) is 15.9.